The van der Waals surface area contributed by atoms with E-state index in [2.05, 4.69) is 10.1 Å². The number of rotatable bonds is 8. The van der Waals surface area contributed by atoms with Crippen LogP contribution in [0.25, 0.3) is 0 Å². The molecule has 1 amide bonds. The lowest BCUT2D eigenvalue weighted by Crippen LogP contribution is -2.26. The van der Waals surface area contributed by atoms with Gasteiger partial charge in [-0.15, -0.1) is 0 Å². The third kappa shape index (κ3) is 5.08. The number of halogens is 2. The van der Waals surface area contributed by atoms with Crippen LogP contribution in [0.3, 0.4) is 0 Å². The standard InChI is InChI=1S/C19H21F2NO4/c1-12-4-6-15(24-2)14(10-12)18(23)22-9-8-13-5-7-16(26-19(20)21)17(11-13)25-3/h4-7,10-11,19H,8-9H2,1-3H3,(H,22,23). The summed E-state index contributed by atoms with van der Waals surface area (Å²) in [6.07, 6.45) is 0.505. The molecule has 5 nitrogen and oxygen atoms in total. The van der Waals surface area contributed by atoms with E-state index in [4.69, 9.17) is 9.47 Å². The zero-order valence-corrected chi connectivity index (χ0v) is 14.8. The van der Waals surface area contributed by atoms with E-state index in [0.717, 1.165) is 11.1 Å². The van der Waals surface area contributed by atoms with Gasteiger partial charge in [0, 0.05) is 6.54 Å². The van der Waals surface area contributed by atoms with Crippen LogP contribution >= 0.6 is 0 Å². The number of hydrogen-bond donors (Lipinski definition) is 1. The molecule has 0 radical (unpaired) electrons. The van der Waals surface area contributed by atoms with Crippen molar-refractivity contribution in [2.45, 2.75) is 20.0 Å². The number of methoxy groups -OCH3 is 2. The summed E-state index contributed by atoms with van der Waals surface area (Å²) in [5.41, 5.74) is 2.24. The lowest BCUT2D eigenvalue weighted by atomic mass is 10.1. The van der Waals surface area contributed by atoms with Crippen LogP contribution in [0.1, 0.15) is 21.5 Å². The van der Waals surface area contributed by atoms with Gasteiger partial charge in [0.25, 0.3) is 5.91 Å². The Balaban J connectivity index is 1.99. The second-order valence-electron chi connectivity index (χ2n) is 5.57. The summed E-state index contributed by atoms with van der Waals surface area (Å²) in [5.74, 6) is 0.452. The fourth-order valence-electron chi connectivity index (χ4n) is 2.48. The molecular formula is C19H21F2NO4. The van der Waals surface area contributed by atoms with Crippen molar-refractivity contribution < 1.29 is 27.8 Å². The van der Waals surface area contributed by atoms with Gasteiger partial charge in [-0.2, -0.15) is 8.78 Å². The highest BCUT2D eigenvalue weighted by Gasteiger charge is 2.13. The summed E-state index contributed by atoms with van der Waals surface area (Å²) >= 11 is 0. The second-order valence-corrected chi connectivity index (χ2v) is 5.57. The third-order valence-electron chi connectivity index (χ3n) is 3.74. The van der Waals surface area contributed by atoms with Gasteiger partial charge in [0.2, 0.25) is 0 Å². The molecule has 0 bridgehead atoms. The van der Waals surface area contributed by atoms with Crippen molar-refractivity contribution in [2.24, 2.45) is 0 Å². The molecule has 0 aliphatic heterocycles. The number of alkyl halides is 2. The first-order valence-corrected chi connectivity index (χ1v) is 7.99. The van der Waals surface area contributed by atoms with Gasteiger partial charge >= 0.3 is 6.61 Å². The van der Waals surface area contributed by atoms with E-state index in [-0.39, 0.29) is 17.4 Å². The first-order valence-electron chi connectivity index (χ1n) is 7.99. The van der Waals surface area contributed by atoms with E-state index in [9.17, 15) is 13.6 Å². The van der Waals surface area contributed by atoms with Crippen LogP contribution in [0, 0.1) is 6.92 Å². The van der Waals surface area contributed by atoms with Crippen LogP contribution in [-0.2, 0) is 6.42 Å². The number of carbonyl (C=O) groups excluding carboxylic acids is 1. The number of ether oxygens (including phenoxy) is 3. The second kappa shape index (κ2) is 9.03. The van der Waals surface area contributed by atoms with E-state index in [0.29, 0.717) is 24.3 Å². The molecule has 0 aromatic heterocycles. The van der Waals surface area contributed by atoms with Gasteiger partial charge < -0.3 is 19.5 Å². The maximum absolute atomic E-state index is 12.3. The van der Waals surface area contributed by atoms with Gasteiger partial charge in [-0.05, 0) is 43.2 Å². The average molecular weight is 365 g/mol. The number of benzene rings is 2. The summed E-state index contributed by atoms with van der Waals surface area (Å²) in [6.45, 7) is -0.655. The molecule has 0 saturated carbocycles. The normalized spacial score (nSPS) is 10.5. The predicted molar refractivity (Wildman–Crippen MR) is 93.4 cm³/mol. The molecule has 0 aliphatic rings. The largest absolute Gasteiger partial charge is 0.496 e. The number of aryl methyl sites for hydroxylation is 1. The van der Waals surface area contributed by atoms with Crippen LogP contribution < -0.4 is 19.5 Å². The quantitative estimate of drug-likeness (QED) is 0.777. The lowest BCUT2D eigenvalue weighted by Gasteiger charge is -2.12. The molecular weight excluding hydrogens is 344 g/mol. The summed E-state index contributed by atoms with van der Waals surface area (Å²) in [5, 5.41) is 2.82. The summed E-state index contributed by atoms with van der Waals surface area (Å²) in [4.78, 5) is 12.3. The van der Waals surface area contributed by atoms with Crippen LogP contribution in [-0.4, -0.2) is 33.3 Å². The summed E-state index contributed by atoms with van der Waals surface area (Å²) < 4.78 is 39.3. The van der Waals surface area contributed by atoms with Crippen molar-refractivity contribution in [3.8, 4) is 17.2 Å². The molecule has 140 valence electrons. The highest BCUT2D eigenvalue weighted by Crippen LogP contribution is 2.29. The Kier molecular flexibility index (Phi) is 6.77. The zero-order valence-electron chi connectivity index (χ0n) is 14.8. The molecule has 1 N–H and O–H groups in total. The highest BCUT2D eigenvalue weighted by molar-refractivity contribution is 5.97. The molecule has 0 unspecified atom stereocenters. The maximum Gasteiger partial charge on any atom is 0.387 e. The molecule has 0 saturated heterocycles. The Hall–Kier alpha value is -2.83. The smallest absolute Gasteiger partial charge is 0.387 e. The molecule has 7 heteroatoms. The van der Waals surface area contributed by atoms with E-state index < -0.39 is 6.61 Å². The minimum atomic E-state index is -2.92. The minimum Gasteiger partial charge on any atom is -0.496 e. The molecule has 2 aromatic rings. The molecule has 2 aromatic carbocycles. The third-order valence-corrected chi connectivity index (χ3v) is 3.74. The molecule has 0 heterocycles. The van der Waals surface area contributed by atoms with Crippen molar-refractivity contribution in [3.63, 3.8) is 0 Å². The number of nitrogens with one attached hydrogen (secondary N) is 1. The van der Waals surface area contributed by atoms with E-state index >= 15 is 0 Å². The Labute approximate surface area is 150 Å². The van der Waals surface area contributed by atoms with Crippen LogP contribution in [0.4, 0.5) is 8.78 Å². The SMILES string of the molecule is COc1cc(CCNC(=O)c2cc(C)ccc2OC)ccc1OC(F)F. The lowest BCUT2D eigenvalue weighted by molar-refractivity contribution is -0.0512. The van der Waals surface area contributed by atoms with Crippen LogP contribution in [0.15, 0.2) is 36.4 Å². The predicted octanol–water partition coefficient (Wildman–Crippen LogP) is 3.59. The van der Waals surface area contributed by atoms with Gasteiger partial charge in [0.05, 0.1) is 19.8 Å². The van der Waals surface area contributed by atoms with Crippen LogP contribution in [0.2, 0.25) is 0 Å². The molecule has 0 fully saturated rings. The minimum absolute atomic E-state index is 0.0280. The van der Waals surface area contributed by atoms with Crippen LogP contribution in [0.5, 0.6) is 17.2 Å². The van der Waals surface area contributed by atoms with Crippen molar-refractivity contribution >= 4 is 5.91 Å². The van der Waals surface area contributed by atoms with E-state index in [1.54, 1.807) is 24.3 Å². The van der Waals surface area contributed by atoms with Gasteiger partial charge in [-0.1, -0.05) is 17.7 Å². The molecule has 26 heavy (non-hydrogen) atoms. The Morgan fingerprint density at radius 2 is 1.73 bits per heavy atom. The summed E-state index contributed by atoms with van der Waals surface area (Å²) in [6, 6.07) is 10.1. The van der Waals surface area contributed by atoms with Crippen molar-refractivity contribution in [1.29, 1.82) is 0 Å². The molecule has 0 spiro atoms. The van der Waals surface area contributed by atoms with E-state index in [1.807, 2.05) is 13.0 Å². The molecule has 0 atom stereocenters. The van der Waals surface area contributed by atoms with Gasteiger partial charge in [0.1, 0.15) is 5.75 Å². The Morgan fingerprint density at radius 1 is 1.04 bits per heavy atom. The number of amides is 1. The van der Waals surface area contributed by atoms with Gasteiger partial charge in [-0.3, -0.25) is 4.79 Å². The maximum atomic E-state index is 12.3. The van der Waals surface area contributed by atoms with Gasteiger partial charge in [-0.25, -0.2) is 0 Å². The van der Waals surface area contributed by atoms with Crippen molar-refractivity contribution in [1.82, 2.24) is 5.32 Å². The Bertz CT molecular complexity index is 765. The summed E-state index contributed by atoms with van der Waals surface area (Å²) in [7, 11) is 2.89. The topological polar surface area (TPSA) is 56.8 Å². The van der Waals surface area contributed by atoms with Crippen molar-refractivity contribution in [2.75, 3.05) is 20.8 Å². The zero-order chi connectivity index (χ0) is 19.1. The van der Waals surface area contributed by atoms with Crippen molar-refractivity contribution in [3.05, 3.63) is 53.1 Å². The fourth-order valence-corrected chi connectivity index (χ4v) is 2.48. The molecule has 2 rings (SSSR count). The first kappa shape index (κ1) is 19.5. The number of carbonyl (C=O) groups is 1. The monoisotopic (exact) mass is 365 g/mol. The van der Waals surface area contributed by atoms with E-state index in [1.165, 1.54) is 20.3 Å². The number of hydrogen-bond acceptors (Lipinski definition) is 4. The van der Waals surface area contributed by atoms with Gasteiger partial charge in [0.15, 0.2) is 11.5 Å². The molecule has 0 aliphatic carbocycles. The Morgan fingerprint density at radius 3 is 2.38 bits per heavy atom. The average Bonchev–Trinajstić information content (AvgIpc) is 2.62. The fraction of sp³-hybridized carbons (Fsp3) is 0.316. The first-order chi connectivity index (χ1) is 12.4. The highest BCUT2D eigenvalue weighted by atomic mass is 19.3.